The fraction of sp³-hybridized carbons (Fsp3) is 0.575. The molecular weight excluding hydrogens is 704 g/mol. The minimum atomic E-state index is -1.07. The average Bonchev–Trinajstić information content (AvgIpc) is 3.54. The van der Waals surface area contributed by atoms with Gasteiger partial charge in [0.2, 0.25) is 17.6 Å². The summed E-state index contributed by atoms with van der Waals surface area (Å²) in [5.74, 6) is -0.671. The van der Waals surface area contributed by atoms with Crippen molar-refractivity contribution in [1.29, 1.82) is 0 Å². The summed E-state index contributed by atoms with van der Waals surface area (Å²) in [5.41, 5.74) is -0.731. The molecule has 55 heavy (non-hydrogen) atoms. The van der Waals surface area contributed by atoms with Gasteiger partial charge in [-0.15, -0.1) is 0 Å². The van der Waals surface area contributed by atoms with Crippen LogP contribution in [-0.4, -0.2) is 98.7 Å². The van der Waals surface area contributed by atoms with Gasteiger partial charge in [0.25, 0.3) is 5.91 Å². The first-order chi connectivity index (χ1) is 26.0. The van der Waals surface area contributed by atoms with E-state index in [0.29, 0.717) is 34.6 Å². The number of rotatable bonds is 13. The summed E-state index contributed by atoms with van der Waals surface area (Å²) in [4.78, 5) is 74.9. The van der Waals surface area contributed by atoms with Crippen molar-refractivity contribution in [1.82, 2.24) is 40.9 Å². The van der Waals surface area contributed by atoms with E-state index in [2.05, 4.69) is 26.4 Å². The summed E-state index contributed by atoms with van der Waals surface area (Å²) in [6, 6.07) is 5.27. The van der Waals surface area contributed by atoms with Crippen molar-refractivity contribution in [3.8, 4) is 17.3 Å². The lowest BCUT2D eigenvalue weighted by atomic mass is 9.80. The van der Waals surface area contributed by atoms with Gasteiger partial charge in [0, 0.05) is 47.9 Å². The summed E-state index contributed by atoms with van der Waals surface area (Å²) < 4.78 is 13.7. The smallest absolute Gasteiger partial charge is 0.315 e. The zero-order chi connectivity index (χ0) is 39.7. The van der Waals surface area contributed by atoms with Crippen LogP contribution in [-0.2, 0) is 19.2 Å². The molecule has 1 aromatic carbocycles. The number of aromatic nitrogens is 3. The molecule has 296 valence electrons. The Morgan fingerprint density at radius 3 is 2.33 bits per heavy atom. The monoisotopic (exact) mass is 758 g/mol. The Bertz CT molecular complexity index is 1910. The molecule has 0 radical (unpaired) electrons. The molecule has 15 heteroatoms. The molecule has 3 heterocycles. The number of urea groups is 1. The maximum atomic E-state index is 14.7. The van der Waals surface area contributed by atoms with E-state index >= 15 is 0 Å². The standard InChI is InChI=1S/C40H54N8O7/c1-39(2,3)34(45-38(53)46-40(4,5)6)37(52)47-22-26(55-31-21-32(48-17-9-16-41-48)43-28-19-25(54-7)14-15-27(28)31)20-30(47)35(50)44-29(18-23-10-8-11-23)33(49)36(51)42-24-12-13-24/h9,14-17,19,21,23-24,26,29-30,34H,8,10-13,18,20,22H2,1-7H3,(H,42,51)(H,44,50)(H2,45,46,53). The molecule has 2 aromatic heterocycles. The Morgan fingerprint density at radius 2 is 1.73 bits per heavy atom. The molecule has 1 aliphatic heterocycles. The molecule has 5 amide bonds. The van der Waals surface area contributed by atoms with Gasteiger partial charge in [-0.2, -0.15) is 5.10 Å². The number of ether oxygens (including phenoxy) is 2. The van der Waals surface area contributed by atoms with E-state index in [1.807, 2.05) is 47.6 Å². The average molecular weight is 759 g/mol. The zero-order valence-electron chi connectivity index (χ0n) is 32.8. The van der Waals surface area contributed by atoms with Gasteiger partial charge < -0.3 is 35.6 Å². The van der Waals surface area contributed by atoms with Gasteiger partial charge in [-0.1, -0.05) is 40.0 Å². The number of carbonyl (C=O) groups is 5. The summed E-state index contributed by atoms with van der Waals surface area (Å²) in [7, 11) is 1.57. The predicted molar refractivity (Wildman–Crippen MR) is 205 cm³/mol. The second-order valence-electron chi connectivity index (χ2n) is 17.1. The van der Waals surface area contributed by atoms with Crippen molar-refractivity contribution in [3.63, 3.8) is 0 Å². The fourth-order valence-electron chi connectivity index (χ4n) is 6.99. The Labute approximate surface area is 321 Å². The van der Waals surface area contributed by atoms with Crippen LogP contribution in [0.15, 0.2) is 42.7 Å². The quantitative estimate of drug-likeness (QED) is 0.188. The number of ketones is 1. The van der Waals surface area contributed by atoms with E-state index in [4.69, 9.17) is 14.5 Å². The van der Waals surface area contributed by atoms with Crippen molar-refractivity contribution in [2.75, 3.05) is 13.7 Å². The number of methoxy groups -OCH3 is 1. The second kappa shape index (κ2) is 15.9. The maximum Gasteiger partial charge on any atom is 0.315 e. The lowest BCUT2D eigenvalue weighted by Gasteiger charge is -2.36. The van der Waals surface area contributed by atoms with E-state index in [1.165, 1.54) is 4.90 Å². The molecule has 1 saturated heterocycles. The Hall–Kier alpha value is -5.21. The molecule has 3 aliphatic rings. The Kier molecular flexibility index (Phi) is 11.4. The Balaban J connectivity index is 1.32. The summed E-state index contributed by atoms with van der Waals surface area (Å²) in [5, 5.41) is 16.4. The fourth-order valence-corrected chi connectivity index (χ4v) is 6.99. The van der Waals surface area contributed by atoms with Crippen LogP contribution in [0.3, 0.4) is 0 Å². The number of likely N-dealkylation sites (tertiary alicyclic amines) is 1. The molecule has 15 nitrogen and oxygen atoms in total. The number of benzene rings is 1. The van der Waals surface area contributed by atoms with Gasteiger partial charge in [-0.3, -0.25) is 19.2 Å². The molecule has 4 N–H and O–H groups in total. The number of amides is 5. The van der Waals surface area contributed by atoms with Crippen LogP contribution in [0.25, 0.3) is 16.7 Å². The highest BCUT2D eigenvalue weighted by molar-refractivity contribution is 6.38. The van der Waals surface area contributed by atoms with Crippen LogP contribution < -0.4 is 30.7 Å². The maximum absolute atomic E-state index is 14.7. The largest absolute Gasteiger partial charge is 0.497 e. The first-order valence-corrected chi connectivity index (χ1v) is 19.2. The van der Waals surface area contributed by atoms with Crippen molar-refractivity contribution in [3.05, 3.63) is 42.7 Å². The molecule has 3 fully saturated rings. The molecule has 6 rings (SSSR count). The van der Waals surface area contributed by atoms with Crippen molar-refractivity contribution in [2.24, 2.45) is 11.3 Å². The van der Waals surface area contributed by atoms with Gasteiger partial charge in [-0.25, -0.2) is 14.5 Å². The topological polar surface area (TPSA) is 186 Å². The SMILES string of the molecule is COc1ccc2c(OC3CC(C(=O)NC(CC4CCC4)C(=O)C(=O)NC4CC4)N(C(=O)C(NC(=O)NC(C)(C)C)C(C)(C)C)C3)cc(-n3cccn3)nc2c1. The first-order valence-electron chi connectivity index (χ1n) is 19.2. The van der Waals surface area contributed by atoms with Crippen LogP contribution in [0.4, 0.5) is 4.79 Å². The molecule has 4 atom stereocenters. The summed E-state index contributed by atoms with van der Waals surface area (Å²) in [6.45, 7) is 11.0. The second-order valence-corrected chi connectivity index (χ2v) is 17.1. The minimum Gasteiger partial charge on any atom is -0.497 e. The highest BCUT2D eigenvalue weighted by Crippen LogP contribution is 2.35. The van der Waals surface area contributed by atoms with Crippen LogP contribution in [0, 0.1) is 11.3 Å². The van der Waals surface area contributed by atoms with E-state index in [0.717, 1.165) is 32.1 Å². The highest BCUT2D eigenvalue weighted by atomic mass is 16.5. The lowest BCUT2D eigenvalue weighted by molar-refractivity contribution is -0.144. The van der Waals surface area contributed by atoms with Gasteiger partial charge in [0.05, 0.1) is 25.2 Å². The minimum absolute atomic E-state index is 0.00650. The summed E-state index contributed by atoms with van der Waals surface area (Å²) >= 11 is 0. The predicted octanol–water partition coefficient (Wildman–Crippen LogP) is 3.81. The third kappa shape index (κ3) is 9.73. The van der Waals surface area contributed by atoms with Gasteiger partial charge in [0.1, 0.15) is 29.7 Å². The van der Waals surface area contributed by atoms with Crippen LogP contribution in [0.1, 0.15) is 86.5 Å². The molecule has 2 saturated carbocycles. The van der Waals surface area contributed by atoms with Crippen LogP contribution in [0.2, 0.25) is 0 Å². The number of carbonyl (C=O) groups excluding carboxylic acids is 5. The summed E-state index contributed by atoms with van der Waals surface area (Å²) in [6.07, 6.45) is 7.63. The van der Waals surface area contributed by atoms with Crippen LogP contribution in [0.5, 0.6) is 11.5 Å². The van der Waals surface area contributed by atoms with E-state index in [9.17, 15) is 24.0 Å². The molecule has 4 unspecified atom stereocenters. The van der Waals surface area contributed by atoms with Crippen LogP contribution >= 0.6 is 0 Å². The van der Waals surface area contributed by atoms with Gasteiger partial charge >= 0.3 is 6.03 Å². The molecule has 0 spiro atoms. The zero-order valence-corrected chi connectivity index (χ0v) is 32.8. The number of pyridine rings is 1. The van der Waals surface area contributed by atoms with E-state index in [1.54, 1.807) is 48.5 Å². The molecule has 0 bridgehead atoms. The third-order valence-corrected chi connectivity index (χ3v) is 10.3. The van der Waals surface area contributed by atoms with E-state index < -0.39 is 64.7 Å². The number of Topliss-reactive ketones (excluding diaryl/α,β-unsaturated/α-hetero) is 1. The Morgan fingerprint density at radius 1 is 0.982 bits per heavy atom. The number of nitrogens with zero attached hydrogens (tertiary/aromatic N) is 4. The number of hydrogen-bond donors (Lipinski definition) is 4. The molecule has 2 aliphatic carbocycles. The number of hydrogen-bond acceptors (Lipinski definition) is 9. The van der Waals surface area contributed by atoms with Crippen molar-refractivity contribution in [2.45, 2.75) is 122 Å². The molecule has 3 aromatic rings. The van der Waals surface area contributed by atoms with Gasteiger partial charge in [-0.05, 0) is 69.6 Å². The van der Waals surface area contributed by atoms with E-state index in [-0.39, 0.29) is 24.9 Å². The van der Waals surface area contributed by atoms with Crippen molar-refractivity contribution >= 4 is 40.4 Å². The number of fused-ring (bicyclic) bond motifs is 1. The molecular formula is C40H54N8O7. The number of nitrogens with one attached hydrogen (secondary N) is 4. The van der Waals surface area contributed by atoms with Gasteiger partial charge in [0.15, 0.2) is 5.82 Å². The van der Waals surface area contributed by atoms with Crippen molar-refractivity contribution < 1.29 is 33.4 Å². The lowest BCUT2D eigenvalue weighted by Crippen LogP contribution is -2.61. The highest BCUT2D eigenvalue weighted by Gasteiger charge is 2.47. The third-order valence-electron chi connectivity index (χ3n) is 10.3. The normalized spacial score (nSPS) is 19.9. The first kappa shape index (κ1) is 39.5.